The molecule has 0 aliphatic heterocycles. The first kappa shape index (κ1) is 27.2. The number of hydrogen-bond donors (Lipinski definition) is 1. The first-order chi connectivity index (χ1) is 17.2. The van der Waals surface area contributed by atoms with E-state index in [4.69, 9.17) is 32.7 Å². The van der Waals surface area contributed by atoms with Gasteiger partial charge >= 0.3 is 5.97 Å². The highest BCUT2D eigenvalue weighted by molar-refractivity contribution is 6.30. The molecule has 3 aromatic rings. The summed E-state index contributed by atoms with van der Waals surface area (Å²) in [5.41, 5.74) is 3.26. The summed E-state index contributed by atoms with van der Waals surface area (Å²) in [6.45, 7) is 4.06. The van der Waals surface area contributed by atoms with Crippen molar-refractivity contribution in [2.75, 3.05) is 11.2 Å². The van der Waals surface area contributed by atoms with Gasteiger partial charge in [-0.2, -0.15) is 0 Å². The van der Waals surface area contributed by atoms with Gasteiger partial charge in [0.15, 0.2) is 6.10 Å². The quantitative estimate of drug-likeness (QED) is 0.167. The van der Waals surface area contributed by atoms with Gasteiger partial charge in [0.05, 0.1) is 6.42 Å². The Balaban J connectivity index is 1.48. The molecule has 8 heteroatoms. The van der Waals surface area contributed by atoms with E-state index in [0.717, 1.165) is 11.3 Å². The molecular weight excluding hydrogens is 501 g/mol. The fourth-order valence-corrected chi connectivity index (χ4v) is 3.64. The van der Waals surface area contributed by atoms with E-state index in [2.05, 4.69) is 5.32 Å². The summed E-state index contributed by atoms with van der Waals surface area (Å²) in [6, 6.07) is 19.1. The molecule has 1 amide bonds. The first-order valence-electron chi connectivity index (χ1n) is 11.5. The van der Waals surface area contributed by atoms with Crippen molar-refractivity contribution in [1.82, 2.24) is 0 Å². The molecule has 0 bridgehead atoms. The number of rotatable bonds is 11. The Kier molecular flexibility index (Phi) is 9.91. The average Bonchev–Trinajstić information content (AvgIpc) is 2.86. The van der Waals surface area contributed by atoms with Crippen molar-refractivity contribution in [2.24, 2.45) is 0 Å². The van der Waals surface area contributed by atoms with Gasteiger partial charge < -0.3 is 14.8 Å². The van der Waals surface area contributed by atoms with Gasteiger partial charge in [-0.3, -0.25) is 14.4 Å². The minimum Gasteiger partial charge on any atom is -0.457 e. The summed E-state index contributed by atoms with van der Waals surface area (Å²) in [5, 5.41) is 3.23. The molecule has 3 rings (SSSR count). The van der Waals surface area contributed by atoms with Gasteiger partial charge in [-0.05, 0) is 85.6 Å². The minimum absolute atomic E-state index is 0.0948. The lowest BCUT2D eigenvalue weighted by molar-refractivity contribution is -0.148. The van der Waals surface area contributed by atoms with E-state index in [0.29, 0.717) is 22.0 Å². The lowest BCUT2D eigenvalue weighted by atomic mass is 10.0. The summed E-state index contributed by atoms with van der Waals surface area (Å²) >= 11 is 11.6. The van der Waals surface area contributed by atoms with Crippen LogP contribution in [-0.2, 0) is 14.3 Å². The summed E-state index contributed by atoms with van der Waals surface area (Å²) < 4.78 is 11.2. The van der Waals surface area contributed by atoms with Crippen LogP contribution in [0.5, 0.6) is 11.5 Å². The van der Waals surface area contributed by atoms with Crippen LogP contribution in [0.25, 0.3) is 0 Å². The average molecular weight is 528 g/mol. The van der Waals surface area contributed by atoms with Crippen LogP contribution in [0, 0.1) is 13.8 Å². The number of benzene rings is 3. The molecule has 0 fully saturated rings. The number of carbonyl (C=O) groups excluding carboxylic acids is 3. The van der Waals surface area contributed by atoms with Crippen molar-refractivity contribution in [2.45, 2.75) is 39.2 Å². The SMILES string of the molecule is Cc1ccc(Oc2ccc(NC(=O)CCC(=O)OC(CCCl)C(=O)c3ccc(Cl)cc3)cc2)cc1C. The smallest absolute Gasteiger partial charge is 0.307 e. The van der Waals surface area contributed by atoms with E-state index >= 15 is 0 Å². The molecule has 0 saturated heterocycles. The number of hydrogen-bond acceptors (Lipinski definition) is 5. The molecule has 1 unspecified atom stereocenters. The van der Waals surface area contributed by atoms with Crippen molar-refractivity contribution in [3.05, 3.63) is 88.4 Å². The zero-order chi connectivity index (χ0) is 26.1. The van der Waals surface area contributed by atoms with Gasteiger partial charge in [-0.25, -0.2) is 0 Å². The Labute approximate surface area is 220 Å². The van der Waals surface area contributed by atoms with Gasteiger partial charge in [0.1, 0.15) is 11.5 Å². The number of carbonyl (C=O) groups is 3. The van der Waals surface area contributed by atoms with Crippen LogP contribution in [-0.4, -0.2) is 29.6 Å². The molecule has 0 aromatic heterocycles. The minimum atomic E-state index is -1.02. The maximum absolute atomic E-state index is 12.7. The molecule has 0 aliphatic carbocycles. The number of ether oxygens (including phenoxy) is 2. The summed E-state index contributed by atoms with van der Waals surface area (Å²) in [4.78, 5) is 37.3. The molecule has 0 aliphatic rings. The van der Waals surface area contributed by atoms with Gasteiger partial charge in [-0.15, -0.1) is 11.6 Å². The predicted octanol–water partition coefficient (Wildman–Crippen LogP) is 6.89. The third kappa shape index (κ3) is 8.11. The number of esters is 1. The van der Waals surface area contributed by atoms with E-state index in [1.54, 1.807) is 48.5 Å². The molecule has 0 radical (unpaired) electrons. The maximum atomic E-state index is 12.7. The molecule has 36 heavy (non-hydrogen) atoms. The second-order valence-corrected chi connectivity index (χ2v) is 9.06. The number of nitrogens with one attached hydrogen (secondary N) is 1. The summed E-state index contributed by atoms with van der Waals surface area (Å²) in [7, 11) is 0. The number of amides is 1. The fraction of sp³-hybridized carbons (Fsp3) is 0.250. The molecule has 0 saturated carbocycles. The molecule has 0 heterocycles. The molecular formula is C28H27Cl2NO5. The van der Waals surface area contributed by atoms with E-state index < -0.39 is 12.1 Å². The van der Waals surface area contributed by atoms with Crippen LogP contribution < -0.4 is 10.1 Å². The molecule has 6 nitrogen and oxygen atoms in total. The van der Waals surface area contributed by atoms with Crippen molar-refractivity contribution in [1.29, 1.82) is 0 Å². The highest BCUT2D eigenvalue weighted by Gasteiger charge is 2.24. The van der Waals surface area contributed by atoms with Crippen LogP contribution in [0.2, 0.25) is 5.02 Å². The second-order valence-electron chi connectivity index (χ2n) is 8.25. The van der Waals surface area contributed by atoms with Crippen LogP contribution in [0.3, 0.4) is 0 Å². The summed E-state index contributed by atoms with van der Waals surface area (Å²) in [6.07, 6.45) is -1.13. The second kappa shape index (κ2) is 13.1. The monoisotopic (exact) mass is 527 g/mol. The Hall–Kier alpha value is -3.35. The molecule has 0 spiro atoms. The van der Waals surface area contributed by atoms with E-state index in [1.807, 2.05) is 32.0 Å². The van der Waals surface area contributed by atoms with Crippen LogP contribution in [0.15, 0.2) is 66.7 Å². The third-order valence-corrected chi connectivity index (χ3v) is 5.94. The van der Waals surface area contributed by atoms with Crippen molar-refractivity contribution in [3.8, 4) is 11.5 Å². The van der Waals surface area contributed by atoms with Gasteiger partial charge in [-0.1, -0.05) is 17.7 Å². The molecule has 3 aromatic carbocycles. The van der Waals surface area contributed by atoms with Crippen LogP contribution in [0.4, 0.5) is 5.69 Å². The number of ketones is 1. The molecule has 1 atom stereocenters. The zero-order valence-corrected chi connectivity index (χ0v) is 21.6. The topological polar surface area (TPSA) is 81.7 Å². The Morgan fingerprint density at radius 2 is 1.53 bits per heavy atom. The normalized spacial score (nSPS) is 11.4. The van der Waals surface area contributed by atoms with Crippen molar-refractivity contribution >= 4 is 46.5 Å². The van der Waals surface area contributed by atoms with Crippen LogP contribution in [0.1, 0.15) is 40.7 Å². The number of halogens is 2. The zero-order valence-electron chi connectivity index (χ0n) is 20.1. The molecule has 188 valence electrons. The van der Waals surface area contributed by atoms with Crippen molar-refractivity contribution in [3.63, 3.8) is 0 Å². The van der Waals surface area contributed by atoms with Gasteiger partial charge in [0, 0.05) is 35.0 Å². The number of aryl methyl sites for hydroxylation is 2. The van der Waals surface area contributed by atoms with E-state index in [1.165, 1.54) is 5.56 Å². The summed E-state index contributed by atoms with van der Waals surface area (Å²) in [5.74, 6) is 0.132. The van der Waals surface area contributed by atoms with E-state index in [-0.39, 0.29) is 36.8 Å². The number of anilines is 1. The number of Topliss-reactive ketones (excluding diaryl/α,β-unsaturated/α-hetero) is 1. The van der Waals surface area contributed by atoms with Crippen LogP contribution >= 0.6 is 23.2 Å². The maximum Gasteiger partial charge on any atom is 0.307 e. The predicted molar refractivity (Wildman–Crippen MR) is 141 cm³/mol. The standard InChI is InChI=1S/C28H27Cl2NO5/c1-18-3-10-24(17-19(18)2)35-23-11-8-22(9-12-23)31-26(32)13-14-27(33)36-25(15-16-29)28(34)20-4-6-21(30)7-5-20/h3-12,17,25H,13-16H2,1-2H3,(H,31,32). The molecule has 1 N–H and O–H groups in total. The lowest BCUT2D eigenvalue weighted by Gasteiger charge is -2.16. The van der Waals surface area contributed by atoms with Gasteiger partial charge in [0.25, 0.3) is 0 Å². The highest BCUT2D eigenvalue weighted by Crippen LogP contribution is 2.25. The Morgan fingerprint density at radius 3 is 2.17 bits per heavy atom. The number of alkyl halides is 1. The largest absolute Gasteiger partial charge is 0.457 e. The van der Waals surface area contributed by atoms with Crippen molar-refractivity contribution < 1.29 is 23.9 Å². The van der Waals surface area contributed by atoms with Gasteiger partial charge in [0.2, 0.25) is 11.7 Å². The fourth-order valence-electron chi connectivity index (χ4n) is 3.32. The Bertz CT molecular complexity index is 1210. The lowest BCUT2D eigenvalue weighted by Crippen LogP contribution is -2.28. The third-order valence-electron chi connectivity index (χ3n) is 5.47. The van der Waals surface area contributed by atoms with E-state index in [9.17, 15) is 14.4 Å². The highest BCUT2D eigenvalue weighted by atomic mass is 35.5. The Morgan fingerprint density at radius 1 is 0.861 bits per heavy atom. The first-order valence-corrected chi connectivity index (χ1v) is 12.4.